The molecule has 1 aromatic carbocycles. The predicted molar refractivity (Wildman–Crippen MR) is 65.7 cm³/mol. The molecule has 0 amide bonds. The first-order valence-electron chi connectivity index (χ1n) is 5.48. The molecule has 0 saturated carbocycles. The number of fused-ring (bicyclic) bond motifs is 1. The highest BCUT2D eigenvalue weighted by molar-refractivity contribution is 5.81. The third-order valence-corrected chi connectivity index (χ3v) is 2.67. The second-order valence-corrected chi connectivity index (χ2v) is 3.91. The summed E-state index contributed by atoms with van der Waals surface area (Å²) in [6.45, 7) is 0. The summed E-state index contributed by atoms with van der Waals surface area (Å²) in [4.78, 5) is 15.2. The Bertz CT molecular complexity index is 637. The molecule has 5 nitrogen and oxygen atoms in total. The molecule has 2 heterocycles. The van der Waals surface area contributed by atoms with Gasteiger partial charge < -0.3 is 14.8 Å². The fourth-order valence-electron chi connectivity index (χ4n) is 1.79. The zero-order valence-corrected chi connectivity index (χ0v) is 9.33. The number of rotatable bonds is 2. The summed E-state index contributed by atoms with van der Waals surface area (Å²) in [6, 6.07) is 6.65. The van der Waals surface area contributed by atoms with Crippen LogP contribution < -0.4 is 5.32 Å². The van der Waals surface area contributed by atoms with Crippen molar-refractivity contribution in [1.82, 2.24) is 10.3 Å². The molecule has 5 heteroatoms. The number of hydrogen-bond donors (Lipinski definition) is 2. The van der Waals surface area contributed by atoms with Crippen molar-refractivity contribution in [3.05, 3.63) is 48.4 Å². The van der Waals surface area contributed by atoms with Gasteiger partial charge in [0.05, 0.1) is 5.70 Å². The first-order chi connectivity index (χ1) is 8.74. The SMILES string of the molecule is O=C(O)C1C=CC=C(c2nc3ccccc3o2)N1. The van der Waals surface area contributed by atoms with Crippen LogP contribution in [-0.4, -0.2) is 22.1 Å². The quantitative estimate of drug-likeness (QED) is 0.839. The van der Waals surface area contributed by atoms with Crippen LogP contribution in [0.15, 0.2) is 46.9 Å². The van der Waals surface area contributed by atoms with Crippen molar-refractivity contribution in [2.24, 2.45) is 0 Å². The highest BCUT2D eigenvalue weighted by atomic mass is 16.4. The molecular weight excluding hydrogens is 232 g/mol. The van der Waals surface area contributed by atoms with Crippen molar-refractivity contribution < 1.29 is 14.3 Å². The molecular formula is C13H10N2O3. The summed E-state index contributed by atoms with van der Waals surface area (Å²) in [7, 11) is 0. The molecule has 1 unspecified atom stereocenters. The summed E-state index contributed by atoms with van der Waals surface area (Å²) in [5.74, 6) is -0.542. The molecule has 90 valence electrons. The number of aromatic nitrogens is 1. The van der Waals surface area contributed by atoms with Crippen LogP contribution in [0.5, 0.6) is 0 Å². The van der Waals surface area contributed by atoms with Gasteiger partial charge in [0.2, 0.25) is 5.89 Å². The van der Waals surface area contributed by atoms with Gasteiger partial charge >= 0.3 is 5.97 Å². The number of carboxylic acid groups (broad SMARTS) is 1. The van der Waals surface area contributed by atoms with Crippen LogP contribution in [0, 0.1) is 0 Å². The molecule has 0 bridgehead atoms. The van der Waals surface area contributed by atoms with Crippen LogP contribution in [-0.2, 0) is 4.79 Å². The van der Waals surface area contributed by atoms with Gasteiger partial charge in [-0.15, -0.1) is 0 Å². The van der Waals surface area contributed by atoms with Crippen LogP contribution in [0.25, 0.3) is 16.8 Å². The van der Waals surface area contributed by atoms with Crippen LogP contribution in [0.4, 0.5) is 0 Å². The lowest BCUT2D eigenvalue weighted by molar-refractivity contribution is -0.137. The van der Waals surface area contributed by atoms with Gasteiger partial charge in [0.25, 0.3) is 0 Å². The Kier molecular flexibility index (Phi) is 2.37. The van der Waals surface area contributed by atoms with Crippen molar-refractivity contribution >= 4 is 22.8 Å². The van der Waals surface area contributed by atoms with Crippen molar-refractivity contribution in [2.45, 2.75) is 6.04 Å². The number of aliphatic carboxylic acids is 1. The maximum atomic E-state index is 10.9. The van der Waals surface area contributed by atoms with E-state index in [0.717, 1.165) is 5.52 Å². The summed E-state index contributed by atoms with van der Waals surface area (Å²) >= 11 is 0. The number of oxazole rings is 1. The largest absolute Gasteiger partial charge is 0.479 e. The number of nitrogens with one attached hydrogen (secondary N) is 1. The van der Waals surface area contributed by atoms with Crippen molar-refractivity contribution in [1.29, 1.82) is 0 Å². The molecule has 1 aliphatic rings. The average molecular weight is 242 g/mol. The van der Waals surface area contributed by atoms with Gasteiger partial charge in [-0.3, -0.25) is 0 Å². The smallest absolute Gasteiger partial charge is 0.330 e. The number of carboxylic acids is 1. The zero-order chi connectivity index (χ0) is 12.5. The molecule has 1 aromatic heterocycles. The van der Waals surface area contributed by atoms with Crippen LogP contribution in [0.1, 0.15) is 5.89 Å². The number of hydrogen-bond acceptors (Lipinski definition) is 4. The van der Waals surface area contributed by atoms with E-state index in [9.17, 15) is 4.79 Å². The van der Waals surface area contributed by atoms with E-state index in [-0.39, 0.29) is 0 Å². The molecule has 0 saturated heterocycles. The Morgan fingerprint density at radius 1 is 1.39 bits per heavy atom. The predicted octanol–water partition coefficient (Wildman–Crippen LogP) is 1.78. The number of benzene rings is 1. The monoisotopic (exact) mass is 242 g/mol. The van der Waals surface area contributed by atoms with Gasteiger partial charge in [-0.05, 0) is 18.2 Å². The number of carbonyl (C=O) groups is 1. The van der Waals surface area contributed by atoms with E-state index in [0.29, 0.717) is 17.2 Å². The summed E-state index contributed by atoms with van der Waals surface area (Å²) < 4.78 is 5.57. The van der Waals surface area contributed by atoms with E-state index in [2.05, 4.69) is 10.3 Å². The third kappa shape index (κ3) is 1.75. The Morgan fingerprint density at radius 3 is 3.00 bits per heavy atom. The number of allylic oxidation sites excluding steroid dienone is 2. The molecule has 2 N–H and O–H groups in total. The fourth-order valence-corrected chi connectivity index (χ4v) is 1.79. The van der Waals surface area contributed by atoms with Crippen molar-refractivity contribution in [3.63, 3.8) is 0 Å². The second-order valence-electron chi connectivity index (χ2n) is 3.91. The topological polar surface area (TPSA) is 75.4 Å². The highest BCUT2D eigenvalue weighted by Gasteiger charge is 2.20. The molecule has 3 rings (SSSR count). The Balaban J connectivity index is 1.97. The van der Waals surface area contributed by atoms with Gasteiger partial charge in [0, 0.05) is 0 Å². The third-order valence-electron chi connectivity index (χ3n) is 2.67. The molecule has 1 atom stereocenters. The summed E-state index contributed by atoms with van der Waals surface area (Å²) in [5, 5.41) is 11.8. The number of dihydropyridines is 1. The van der Waals surface area contributed by atoms with Gasteiger partial charge in [0.1, 0.15) is 11.6 Å². The Hall–Kier alpha value is -2.56. The fraction of sp³-hybridized carbons (Fsp3) is 0.0769. The minimum atomic E-state index is -0.937. The van der Waals surface area contributed by atoms with E-state index in [1.54, 1.807) is 18.2 Å². The lowest BCUT2D eigenvalue weighted by atomic mass is 10.2. The normalized spacial score (nSPS) is 18.4. The van der Waals surface area contributed by atoms with Crippen LogP contribution in [0.3, 0.4) is 0 Å². The number of nitrogens with zero attached hydrogens (tertiary/aromatic N) is 1. The molecule has 1 aliphatic heterocycles. The lowest BCUT2D eigenvalue weighted by Crippen LogP contribution is -2.35. The van der Waals surface area contributed by atoms with E-state index in [4.69, 9.17) is 9.52 Å². The van der Waals surface area contributed by atoms with E-state index >= 15 is 0 Å². The highest BCUT2D eigenvalue weighted by Crippen LogP contribution is 2.21. The standard InChI is InChI=1S/C13H10N2O3/c16-13(17)10-6-3-5-9(14-10)12-15-8-4-1-2-7-11(8)18-12/h1-7,10,14H,(H,16,17). The van der Waals surface area contributed by atoms with Crippen molar-refractivity contribution in [3.8, 4) is 0 Å². The molecule has 0 fully saturated rings. The molecule has 2 aromatic rings. The van der Waals surface area contributed by atoms with Crippen LogP contribution >= 0.6 is 0 Å². The summed E-state index contributed by atoms with van der Waals surface area (Å²) in [5.41, 5.74) is 1.99. The lowest BCUT2D eigenvalue weighted by Gasteiger charge is -2.15. The molecule has 0 aliphatic carbocycles. The molecule has 0 radical (unpaired) electrons. The van der Waals surface area contributed by atoms with Crippen molar-refractivity contribution in [2.75, 3.05) is 0 Å². The number of para-hydroxylation sites is 2. The average Bonchev–Trinajstić information content (AvgIpc) is 2.82. The van der Waals surface area contributed by atoms with Gasteiger partial charge in [-0.1, -0.05) is 24.3 Å². The molecule has 0 spiro atoms. The Labute approximate surface area is 102 Å². The van der Waals surface area contributed by atoms with Crippen LogP contribution in [0.2, 0.25) is 0 Å². The first kappa shape index (κ1) is 10.6. The van der Waals surface area contributed by atoms with E-state index < -0.39 is 12.0 Å². The molecule has 18 heavy (non-hydrogen) atoms. The maximum Gasteiger partial charge on any atom is 0.330 e. The van der Waals surface area contributed by atoms with Gasteiger partial charge in [0.15, 0.2) is 5.58 Å². The van der Waals surface area contributed by atoms with E-state index in [1.807, 2.05) is 24.3 Å². The maximum absolute atomic E-state index is 10.9. The van der Waals surface area contributed by atoms with Gasteiger partial charge in [-0.2, -0.15) is 0 Å². The van der Waals surface area contributed by atoms with E-state index in [1.165, 1.54) is 0 Å². The zero-order valence-electron chi connectivity index (χ0n) is 9.33. The Morgan fingerprint density at radius 2 is 2.22 bits per heavy atom. The minimum absolute atomic E-state index is 0.395. The van der Waals surface area contributed by atoms with Gasteiger partial charge in [-0.25, -0.2) is 9.78 Å². The summed E-state index contributed by atoms with van der Waals surface area (Å²) in [6.07, 6.45) is 4.98. The minimum Gasteiger partial charge on any atom is -0.479 e. The first-order valence-corrected chi connectivity index (χ1v) is 5.48. The second kappa shape index (κ2) is 4.03.